The Labute approximate surface area is 72.5 Å². The van der Waals surface area contributed by atoms with Crippen molar-refractivity contribution in [3.05, 3.63) is 40.1 Å². The van der Waals surface area contributed by atoms with E-state index in [1.165, 1.54) is 0 Å². The van der Waals surface area contributed by atoms with E-state index in [9.17, 15) is 4.79 Å². The molecule has 0 spiro atoms. The Hall–Kier alpha value is -1.31. The molecule has 0 radical (unpaired) electrons. The maximum Gasteiger partial charge on any atom is 0.202 e. The van der Waals surface area contributed by atoms with Gasteiger partial charge in [-0.3, -0.25) is 4.79 Å². The Kier molecular flexibility index (Phi) is 2.48. The molecule has 0 saturated carbocycles. The van der Waals surface area contributed by atoms with Gasteiger partial charge < -0.3 is 4.90 Å². The van der Waals surface area contributed by atoms with E-state index >= 15 is 0 Å². The van der Waals surface area contributed by atoms with Gasteiger partial charge in [0.15, 0.2) is 0 Å². The highest BCUT2D eigenvalue weighted by Gasteiger charge is 1.97. The number of hydrogen-bond donors (Lipinski definition) is 0. The Morgan fingerprint density at radius 3 is 2.50 bits per heavy atom. The fourth-order valence-electron chi connectivity index (χ4n) is 1.07. The SMILES string of the molecule is Cc1cccc(N(C)C)c(=O)c1. The summed E-state index contributed by atoms with van der Waals surface area (Å²) in [6.45, 7) is 1.92. The van der Waals surface area contributed by atoms with Crippen molar-refractivity contribution in [2.75, 3.05) is 19.0 Å². The minimum Gasteiger partial charge on any atom is -0.375 e. The third-order valence-corrected chi connectivity index (χ3v) is 1.71. The molecule has 0 fully saturated rings. The first-order chi connectivity index (χ1) is 5.61. The molecule has 0 aliphatic carbocycles. The highest BCUT2D eigenvalue weighted by atomic mass is 16.1. The van der Waals surface area contributed by atoms with Crippen LogP contribution >= 0.6 is 0 Å². The normalized spacial score (nSPS) is 9.58. The molecular formula is C10H13NO. The van der Waals surface area contributed by atoms with Crippen LogP contribution in [0.25, 0.3) is 0 Å². The number of aryl methyl sites for hydroxylation is 1. The lowest BCUT2D eigenvalue weighted by Crippen LogP contribution is -2.16. The topological polar surface area (TPSA) is 20.3 Å². The van der Waals surface area contributed by atoms with Gasteiger partial charge in [-0.25, -0.2) is 0 Å². The van der Waals surface area contributed by atoms with Crippen molar-refractivity contribution < 1.29 is 0 Å². The lowest BCUT2D eigenvalue weighted by molar-refractivity contribution is 1.12. The summed E-state index contributed by atoms with van der Waals surface area (Å²) < 4.78 is 0. The quantitative estimate of drug-likeness (QED) is 0.624. The zero-order valence-electron chi connectivity index (χ0n) is 7.66. The molecule has 0 saturated heterocycles. The predicted molar refractivity (Wildman–Crippen MR) is 51.8 cm³/mol. The van der Waals surface area contributed by atoms with Crippen LogP contribution in [0.15, 0.2) is 29.1 Å². The van der Waals surface area contributed by atoms with Gasteiger partial charge in [0.25, 0.3) is 0 Å². The monoisotopic (exact) mass is 163 g/mol. The van der Waals surface area contributed by atoms with E-state index in [-0.39, 0.29) is 5.43 Å². The maximum atomic E-state index is 11.4. The average Bonchev–Trinajstić information content (AvgIpc) is 2.10. The van der Waals surface area contributed by atoms with Crippen LogP contribution in [-0.4, -0.2) is 14.1 Å². The van der Waals surface area contributed by atoms with E-state index in [2.05, 4.69) is 0 Å². The van der Waals surface area contributed by atoms with Crippen molar-refractivity contribution in [3.8, 4) is 0 Å². The molecule has 2 heteroatoms. The van der Waals surface area contributed by atoms with Crippen molar-refractivity contribution in [3.63, 3.8) is 0 Å². The summed E-state index contributed by atoms with van der Waals surface area (Å²) in [7, 11) is 3.73. The smallest absolute Gasteiger partial charge is 0.202 e. The second kappa shape index (κ2) is 3.39. The van der Waals surface area contributed by atoms with Gasteiger partial charge in [0.1, 0.15) is 0 Å². The number of rotatable bonds is 1. The summed E-state index contributed by atoms with van der Waals surface area (Å²) in [5.41, 5.74) is 1.79. The molecule has 0 aromatic heterocycles. The highest BCUT2D eigenvalue weighted by molar-refractivity contribution is 5.44. The van der Waals surface area contributed by atoms with Crippen LogP contribution in [0.2, 0.25) is 0 Å². The van der Waals surface area contributed by atoms with Crippen LogP contribution < -0.4 is 10.3 Å². The fraction of sp³-hybridized carbons (Fsp3) is 0.300. The van der Waals surface area contributed by atoms with Crippen molar-refractivity contribution in [2.45, 2.75) is 6.92 Å². The number of hydrogen-bond acceptors (Lipinski definition) is 2. The zero-order chi connectivity index (χ0) is 9.14. The van der Waals surface area contributed by atoms with Gasteiger partial charge in [-0.1, -0.05) is 12.1 Å². The maximum absolute atomic E-state index is 11.4. The van der Waals surface area contributed by atoms with Crippen LogP contribution in [0.3, 0.4) is 0 Å². The summed E-state index contributed by atoms with van der Waals surface area (Å²) in [4.78, 5) is 13.3. The summed E-state index contributed by atoms with van der Waals surface area (Å²) >= 11 is 0. The summed E-state index contributed by atoms with van der Waals surface area (Å²) in [5, 5.41) is 0. The second-order valence-corrected chi connectivity index (χ2v) is 3.06. The average molecular weight is 163 g/mol. The standard InChI is InChI=1S/C10H13NO/c1-8-5-4-6-9(11(2)3)10(12)7-8/h4-7H,1-3H3. The molecule has 1 rings (SSSR count). The molecule has 0 N–H and O–H groups in total. The van der Waals surface area contributed by atoms with Crippen LogP contribution in [-0.2, 0) is 0 Å². The molecule has 0 bridgehead atoms. The van der Waals surface area contributed by atoms with Crippen LogP contribution in [0.5, 0.6) is 0 Å². The van der Waals surface area contributed by atoms with E-state index in [4.69, 9.17) is 0 Å². The number of nitrogens with zero attached hydrogens (tertiary/aromatic N) is 1. The third kappa shape index (κ3) is 1.84. The van der Waals surface area contributed by atoms with E-state index in [1.807, 2.05) is 44.1 Å². The Balaban J connectivity index is 3.36. The van der Waals surface area contributed by atoms with Gasteiger partial charge >= 0.3 is 0 Å². The molecule has 64 valence electrons. The minimum absolute atomic E-state index is 0.0718. The van der Waals surface area contributed by atoms with Gasteiger partial charge in [0.2, 0.25) is 5.43 Å². The molecule has 0 amide bonds. The molecule has 0 heterocycles. The first kappa shape index (κ1) is 8.78. The fourth-order valence-corrected chi connectivity index (χ4v) is 1.07. The van der Waals surface area contributed by atoms with E-state index in [1.54, 1.807) is 6.07 Å². The van der Waals surface area contributed by atoms with Crippen molar-refractivity contribution >= 4 is 5.69 Å². The van der Waals surface area contributed by atoms with E-state index < -0.39 is 0 Å². The number of anilines is 1. The van der Waals surface area contributed by atoms with E-state index in [0.29, 0.717) is 0 Å². The summed E-state index contributed by atoms with van der Waals surface area (Å²) in [6, 6.07) is 7.30. The highest BCUT2D eigenvalue weighted by Crippen LogP contribution is 2.02. The lowest BCUT2D eigenvalue weighted by atomic mass is 10.3. The second-order valence-electron chi connectivity index (χ2n) is 3.06. The largest absolute Gasteiger partial charge is 0.375 e. The van der Waals surface area contributed by atoms with Gasteiger partial charge in [-0.2, -0.15) is 0 Å². The molecule has 0 atom stereocenters. The molecule has 0 aliphatic heterocycles. The third-order valence-electron chi connectivity index (χ3n) is 1.71. The van der Waals surface area contributed by atoms with Gasteiger partial charge in [0.05, 0.1) is 5.69 Å². The van der Waals surface area contributed by atoms with Gasteiger partial charge in [-0.05, 0) is 24.6 Å². The van der Waals surface area contributed by atoms with Gasteiger partial charge in [0, 0.05) is 14.1 Å². The first-order valence-electron chi connectivity index (χ1n) is 3.89. The molecule has 0 unspecified atom stereocenters. The molecule has 0 aliphatic rings. The van der Waals surface area contributed by atoms with Crippen molar-refractivity contribution in [1.82, 2.24) is 0 Å². The molecule has 12 heavy (non-hydrogen) atoms. The van der Waals surface area contributed by atoms with Crippen LogP contribution in [0.1, 0.15) is 5.56 Å². The molecule has 1 aromatic carbocycles. The molecule has 1 aromatic rings. The van der Waals surface area contributed by atoms with Crippen LogP contribution in [0.4, 0.5) is 5.69 Å². The summed E-state index contributed by atoms with van der Waals surface area (Å²) in [6.07, 6.45) is 0. The van der Waals surface area contributed by atoms with Crippen LogP contribution in [0, 0.1) is 6.92 Å². The van der Waals surface area contributed by atoms with Crippen molar-refractivity contribution in [2.24, 2.45) is 0 Å². The Morgan fingerprint density at radius 1 is 1.25 bits per heavy atom. The Bertz CT molecular complexity index is 331. The molecule has 2 nitrogen and oxygen atoms in total. The molecular weight excluding hydrogens is 150 g/mol. The summed E-state index contributed by atoms with van der Waals surface area (Å²) in [5.74, 6) is 0. The first-order valence-corrected chi connectivity index (χ1v) is 3.89. The predicted octanol–water partition coefficient (Wildman–Crippen LogP) is 1.42. The zero-order valence-corrected chi connectivity index (χ0v) is 7.66. The van der Waals surface area contributed by atoms with Gasteiger partial charge in [-0.15, -0.1) is 0 Å². The Morgan fingerprint density at radius 2 is 1.92 bits per heavy atom. The lowest BCUT2D eigenvalue weighted by Gasteiger charge is -2.07. The van der Waals surface area contributed by atoms with E-state index in [0.717, 1.165) is 11.3 Å². The minimum atomic E-state index is 0.0718. The van der Waals surface area contributed by atoms with Crippen molar-refractivity contribution in [1.29, 1.82) is 0 Å².